The minimum atomic E-state index is 0.217. The third kappa shape index (κ3) is 3.64. The molecule has 2 nitrogen and oxygen atoms in total. The Morgan fingerprint density at radius 2 is 1.56 bits per heavy atom. The summed E-state index contributed by atoms with van der Waals surface area (Å²) in [7, 11) is 0.570. The van der Waals surface area contributed by atoms with Gasteiger partial charge in [0.2, 0.25) is 0 Å². The van der Waals surface area contributed by atoms with E-state index in [1.165, 1.54) is 0 Å². The first-order valence-electron chi connectivity index (χ1n) is 6.18. The van der Waals surface area contributed by atoms with E-state index in [0.29, 0.717) is 7.48 Å². The van der Waals surface area contributed by atoms with E-state index in [9.17, 15) is 0 Å². The van der Waals surface area contributed by atoms with Crippen LogP contribution in [0.1, 0.15) is 13.8 Å². The Bertz CT molecular complexity index is 483. The van der Waals surface area contributed by atoms with Crippen LogP contribution in [-0.4, -0.2) is 13.6 Å². The Balaban J connectivity index is 2.12. The highest BCUT2D eigenvalue weighted by atomic mass is 16.5. The van der Waals surface area contributed by atoms with Gasteiger partial charge in [-0.05, 0) is 37.5 Å². The number of rotatable bonds is 5. The van der Waals surface area contributed by atoms with E-state index in [1.807, 2.05) is 68.4 Å². The molecule has 0 radical (unpaired) electrons. The fourth-order valence-corrected chi connectivity index (χ4v) is 1.59. The number of benzene rings is 2. The molecular weight excluding hydrogens is 223 g/mol. The van der Waals surface area contributed by atoms with Crippen molar-refractivity contribution in [3.05, 3.63) is 54.6 Å². The van der Waals surface area contributed by atoms with Crippen LogP contribution in [0.3, 0.4) is 0 Å². The SMILES string of the molecule is CC(C)OBc1ccccc1Oc1ccccc1. The maximum absolute atomic E-state index is 5.86. The topological polar surface area (TPSA) is 18.5 Å². The normalized spacial score (nSPS) is 10.4. The maximum atomic E-state index is 5.86. The lowest BCUT2D eigenvalue weighted by Gasteiger charge is -2.12. The Morgan fingerprint density at radius 1 is 0.889 bits per heavy atom. The average molecular weight is 240 g/mol. The Kier molecular flexibility index (Phi) is 4.43. The van der Waals surface area contributed by atoms with Crippen molar-refractivity contribution < 1.29 is 9.39 Å². The zero-order valence-corrected chi connectivity index (χ0v) is 10.8. The average Bonchev–Trinajstić information content (AvgIpc) is 2.39. The summed E-state index contributed by atoms with van der Waals surface area (Å²) in [5.41, 5.74) is 1.06. The number of hydrogen-bond donors (Lipinski definition) is 0. The van der Waals surface area contributed by atoms with Gasteiger partial charge < -0.3 is 9.39 Å². The van der Waals surface area contributed by atoms with E-state index in [0.717, 1.165) is 17.0 Å². The molecule has 0 saturated heterocycles. The monoisotopic (exact) mass is 240 g/mol. The third-order valence-corrected chi connectivity index (χ3v) is 2.52. The van der Waals surface area contributed by atoms with Gasteiger partial charge in [-0.2, -0.15) is 0 Å². The van der Waals surface area contributed by atoms with Crippen molar-refractivity contribution in [3.63, 3.8) is 0 Å². The molecule has 0 saturated carbocycles. The molecule has 2 aromatic carbocycles. The van der Waals surface area contributed by atoms with Gasteiger partial charge >= 0.3 is 7.48 Å². The largest absolute Gasteiger partial charge is 0.458 e. The number of ether oxygens (including phenoxy) is 1. The molecule has 0 aliphatic carbocycles. The van der Waals surface area contributed by atoms with Crippen LogP contribution < -0.4 is 10.2 Å². The van der Waals surface area contributed by atoms with Crippen molar-refractivity contribution >= 4 is 12.9 Å². The van der Waals surface area contributed by atoms with Crippen LogP contribution in [0, 0.1) is 0 Å². The fourth-order valence-electron chi connectivity index (χ4n) is 1.59. The highest BCUT2D eigenvalue weighted by Gasteiger charge is 2.07. The molecule has 2 rings (SSSR count). The molecule has 0 amide bonds. The molecule has 0 unspecified atom stereocenters. The van der Waals surface area contributed by atoms with Crippen LogP contribution in [0.4, 0.5) is 0 Å². The van der Waals surface area contributed by atoms with Crippen molar-refractivity contribution in [1.29, 1.82) is 0 Å². The number of hydrogen-bond acceptors (Lipinski definition) is 2. The predicted octanol–water partition coefficient (Wildman–Crippen LogP) is 2.88. The predicted molar refractivity (Wildman–Crippen MR) is 76.0 cm³/mol. The Morgan fingerprint density at radius 3 is 2.28 bits per heavy atom. The summed E-state index contributed by atoms with van der Waals surface area (Å²) in [5, 5.41) is 0. The lowest BCUT2D eigenvalue weighted by Crippen LogP contribution is -2.22. The molecule has 18 heavy (non-hydrogen) atoms. The molecule has 0 bridgehead atoms. The van der Waals surface area contributed by atoms with E-state index in [4.69, 9.17) is 9.39 Å². The minimum Gasteiger partial charge on any atom is -0.458 e. The van der Waals surface area contributed by atoms with E-state index < -0.39 is 0 Å². The Hall–Kier alpha value is -1.74. The standard InChI is InChI=1S/C15H17BO2/c1-12(2)18-16-14-10-6-7-11-15(14)17-13-8-4-3-5-9-13/h3-12,16H,1-2H3. The van der Waals surface area contributed by atoms with Crippen LogP contribution in [0.15, 0.2) is 54.6 Å². The molecule has 0 N–H and O–H groups in total. The first-order chi connectivity index (χ1) is 8.75. The van der Waals surface area contributed by atoms with Crippen molar-refractivity contribution in [1.82, 2.24) is 0 Å². The fraction of sp³-hybridized carbons (Fsp3) is 0.200. The van der Waals surface area contributed by atoms with Crippen LogP contribution >= 0.6 is 0 Å². The highest BCUT2D eigenvalue weighted by molar-refractivity contribution is 6.48. The number of para-hydroxylation sites is 2. The smallest absolute Gasteiger partial charge is 0.312 e. The first-order valence-corrected chi connectivity index (χ1v) is 6.18. The van der Waals surface area contributed by atoms with Gasteiger partial charge in [0.15, 0.2) is 0 Å². The minimum absolute atomic E-state index is 0.217. The molecule has 0 aliphatic rings. The van der Waals surface area contributed by atoms with Crippen molar-refractivity contribution in [2.45, 2.75) is 20.0 Å². The van der Waals surface area contributed by atoms with Crippen molar-refractivity contribution in [3.8, 4) is 11.5 Å². The Labute approximate surface area is 109 Å². The second-order valence-electron chi connectivity index (χ2n) is 4.38. The maximum Gasteiger partial charge on any atom is 0.312 e. The van der Waals surface area contributed by atoms with Gasteiger partial charge in [-0.3, -0.25) is 0 Å². The van der Waals surface area contributed by atoms with Gasteiger partial charge in [-0.1, -0.05) is 36.4 Å². The zero-order chi connectivity index (χ0) is 12.8. The van der Waals surface area contributed by atoms with Crippen molar-refractivity contribution in [2.75, 3.05) is 0 Å². The molecule has 0 spiro atoms. The molecule has 0 fully saturated rings. The van der Waals surface area contributed by atoms with E-state index >= 15 is 0 Å². The summed E-state index contributed by atoms with van der Waals surface area (Å²) in [6.07, 6.45) is 0.217. The van der Waals surface area contributed by atoms with Crippen LogP contribution in [0.25, 0.3) is 0 Å². The van der Waals surface area contributed by atoms with Crippen molar-refractivity contribution in [2.24, 2.45) is 0 Å². The van der Waals surface area contributed by atoms with Gasteiger partial charge in [0.05, 0.1) is 0 Å². The van der Waals surface area contributed by atoms with Crippen LogP contribution in [-0.2, 0) is 4.65 Å². The second kappa shape index (κ2) is 6.27. The van der Waals surface area contributed by atoms with Gasteiger partial charge in [-0.15, -0.1) is 0 Å². The molecule has 92 valence electrons. The molecule has 0 atom stereocenters. The highest BCUT2D eigenvalue weighted by Crippen LogP contribution is 2.18. The van der Waals surface area contributed by atoms with Gasteiger partial charge in [-0.25, -0.2) is 0 Å². The molecular formula is C15H17BO2. The molecule has 3 heteroatoms. The third-order valence-electron chi connectivity index (χ3n) is 2.52. The lowest BCUT2D eigenvalue weighted by atomic mass is 9.87. The van der Waals surface area contributed by atoms with Gasteiger partial charge in [0.25, 0.3) is 0 Å². The van der Waals surface area contributed by atoms with Gasteiger partial charge in [0, 0.05) is 6.10 Å². The van der Waals surface area contributed by atoms with Gasteiger partial charge in [0.1, 0.15) is 11.5 Å². The quantitative estimate of drug-likeness (QED) is 0.748. The summed E-state index contributed by atoms with van der Waals surface area (Å²) in [6, 6.07) is 17.7. The summed E-state index contributed by atoms with van der Waals surface area (Å²) < 4.78 is 11.5. The molecule has 0 heterocycles. The summed E-state index contributed by atoms with van der Waals surface area (Å²) in [4.78, 5) is 0. The van der Waals surface area contributed by atoms with E-state index in [-0.39, 0.29) is 6.10 Å². The lowest BCUT2D eigenvalue weighted by molar-refractivity contribution is 0.260. The van der Waals surface area contributed by atoms with E-state index in [2.05, 4.69) is 0 Å². The van der Waals surface area contributed by atoms with Crippen LogP contribution in [0.2, 0.25) is 0 Å². The summed E-state index contributed by atoms with van der Waals surface area (Å²) in [6.45, 7) is 4.06. The molecule has 2 aromatic rings. The first kappa shape index (κ1) is 12.7. The molecule has 0 aromatic heterocycles. The summed E-state index contributed by atoms with van der Waals surface area (Å²) in [5.74, 6) is 1.69. The van der Waals surface area contributed by atoms with Crippen LogP contribution in [0.5, 0.6) is 11.5 Å². The zero-order valence-electron chi connectivity index (χ0n) is 10.8. The molecule has 0 aliphatic heterocycles. The summed E-state index contributed by atoms with van der Waals surface area (Å²) >= 11 is 0. The second-order valence-corrected chi connectivity index (χ2v) is 4.38. The van der Waals surface area contributed by atoms with E-state index in [1.54, 1.807) is 0 Å².